The molecule has 3 rings (SSSR count). The van der Waals surface area contributed by atoms with Crippen molar-refractivity contribution in [3.8, 4) is 11.8 Å². The Labute approximate surface area is 207 Å². The van der Waals surface area contributed by atoms with Crippen molar-refractivity contribution in [2.24, 2.45) is 0 Å². The van der Waals surface area contributed by atoms with Gasteiger partial charge in [-0.3, -0.25) is 4.79 Å². The second kappa shape index (κ2) is 11.3. The third kappa shape index (κ3) is 6.80. The minimum absolute atomic E-state index is 0.0898. The summed E-state index contributed by atoms with van der Waals surface area (Å²) in [4.78, 5) is 25.9. The molecule has 184 valence electrons. The number of hydrogen-bond acceptors (Lipinski definition) is 8. The third-order valence-electron chi connectivity index (χ3n) is 4.69. The molecule has 1 aromatic carbocycles. The number of nitriles is 1. The summed E-state index contributed by atoms with van der Waals surface area (Å²) in [5.41, 5.74) is 1.42. The van der Waals surface area contributed by atoms with Crippen molar-refractivity contribution in [2.75, 3.05) is 17.7 Å². The van der Waals surface area contributed by atoms with Crippen LogP contribution < -0.4 is 15.4 Å². The van der Waals surface area contributed by atoms with E-state index in [1.165, 1.54) is 23.5 Å². The Kier molecular flexibility index (Phi) is 8.48. The maximum absolute atomic E-state index is 12.7. The summed E-state index contributed by atoms with van der Waals surface area (Å²) in [6, 6.07) is 10.6. The van der Waals surface area contributed by atoms with Crippen molar-refractivity contribution in [2.45, 2.75) is 26.1 Å². The van der Waals surface area contributed by atoms with Crippen molar-refractivity contribution in [1.82, 2.24) is 5.32 Å². The number of carbonyl (C=O) groups excluding carboxylic acids is 2. The number of carbonyl (C=O) groups is 2. The average Bonchev–Trinajstić information content (AvgIpc) is 3.32. The van der Waals surface area contributed by atoms with Crippen LogP contribution in [0.3, 0.4) is 0 Å². The van der Waals surface area contributed by atoms with Crippen molar-refractivity contribution in [1.29, 1.82) is 5.26 Å². The first-order valence-electron chi connectivity index (χ1n) is 10.2. The molecule has 1 aliphatic rings. The molecule has 7 nitrogen and oxygen atoms in total. The van der Waals surface area contributed by atoms with E-state index in [0.717, 1.165) is 28.8 Å². The second-order valence-corrected chi connectivity index (χ2v) is 9.06. The van der Waals surface area contributed by atoms with E-state index in [2.05, 4.69) is 21.4 Å². The maximum atomic E-state index is 12.7. The van der Waals surface area contributed by atoms with Gasteiger partial charge in [-0.1, -0.05) is 17.8 Å². The maximum Gasteiger partial charge on any atom is 0.573 e. The first-order chi connectivity index (χ1) is 16.6. The molecule has 0 saturated heterocycles. The summed E-state index contributed by atoms with van der Waals surface area (Å²) in [6.45, 7) is 3.58. The molecule has 2 aromatic rings. The molecule has 1 aliphatic heterocycles. The normalized spacial score (nSPS) is 15.8. The van der Waals surface area contributed by atoms with Crippen molar-refractivity contribution >= 4 is 40.7 Å². The first-order valence-corrected chi connectivity index (χ1v) is 12.1. The number of rotatable bonds is 8. The van der Waals surface area contributed by atoms with E-state index in [1.807, 2.05) is 17.5 Å². The lowest BCUT2D eigenvalue weighted by Gasteiger charge is -2.28. The van der Waals surface area contributed by atoms with Crippen molar-refractivity contribution < 1.29 is 32.2 Å². The molecule has 35 heavy (non-hydrogen) atoms. The van der Waals surface area contributed by atoms with Crippen LogP contribution in [0.4, 0.5) is 18.9 Å². The number of allylic oxidation sites excluding steroid dienone is 2. The number of hydrogen-bond donors (Lipinski definition) is 2. The Bertz CT molecular complexity index is 1180. The van der Waals surface area contributed by atoms with E-state index in [0.29, 0.717) is 16.3 Å². The van der Waals surface area contributed by atoms with Crippen LogP contribution >= 0.6 is 23.1 Å². The highest BCUT2D eigenvalue weighted by atomic mass is 32.2. The van der Waals surface area contributed by atoms with E-state index in [-0.39, 0.29) is 23.6 Å². The van der Waals surface area contributed by atoms with Crippen LogP contribution in [-0.2, 0) is 14.3 Å². The minimum atomic E-state index is -4.80. The van der Waals surface area contributed by atoms with Crippen molar-refractivity contribution in [3.63, 3.8) is 0 Å². The van der Waals surface area contributed by atoms with Gasteiger partial charge in [0.2, 0.25) is 5.91 Å². The number of anilines is 1. The predicted molar refractivity (Wildman–Crippen MR) is 126 cm³/mol. The SMILES string of the molecule is CCOC(=O)C1=C(C)NC(SCC(=O)Nc2ccc(OC(F)(F)F)cc2)=C(C#N)C1c1cccs1. The lowest BCUT2D eigenvalue weighted by Crippen LogP contribution is -2.29. The van der Waals surface area contributed by atoms with E-state index >= 15 is 0 Å². The summed E-state index contributed by atoms with van der Waals surface area (Å²) in [6.07, 6.45) is -4.80. The molecule has 2 N–H and O–H groups in total. The fraction of sp³-hybridized carbons (Fsp3) is 0.261. The summed E-state index contributed by atoms with van der Waals surface area (Å²) in [5.74, 6) is -2.08. The molecule has 1 atom stereocenters. The monoisotopic (exact) mass is 523 g/mol. The molecule has 1 amide bonds. The third-order valence-corrected chi connectivity index (χ3v) is 6.64. The highest BCUT2D eigenvalue weighted by molar-refractivity contribution is 8.03. The molecular weight excluding hydrogens is 503 g/mol. The van der Waals surface area contributed by atoms with Gasteiger partial charge in [-0.25, -0.2) is 4.79 Å². The number of nitrogens with one attached hydrogen (secondary N) is 2. The Balaban J connectivity index is 1.74. The van der Waals surface area contributed by atoms with E-state index in [4.69, 9.17) is 4.74 Å². The number of thioether (sulfide) groups is 1. The topological polar surface area (TPSA) is 100 Å². The number of esters is 1. The van der Waals surface area contributed by atoms with Crippen LogP contribution in [0.2, 0.25) is 0 Å². The molecule has 0 aliphatic carbocycles. The van der Waals surface area contributed by atoms with E-state index in [1.54, 1.807) is 13.8 Å². The molecule has 0 saturated carbocycles. The molecule has 12 heteroatoms. The molecule has 0 spiro atoms. The number of benzene rings is 1. The average molecular weight is 524 g/mol. The minimum Gasteiger partial charge on any atom is -0.463 e. The number of alkyl halides is 3. The van der Waals surface area contributed by atoms with Crippen LogP contribution in [0.25, 0.3) is 0 Å². The van der Waals surface area contributed by atoms with Gasteiger partial charge in [-0.2, -0.15) is 5.26 Å². The first kappa shape index (κ1) is 26.2. The Morgan fingerprint density at radius 3 is 2.54 bits per heavy atom. The summed E-state index contributed by atoms with van der Waals surface area (Å²) >= 11 is 2.48. The van der Waals surface area contributed by atoms with E-state index in [9.17, 15) is 28.0 Å². The zero-order valence-electron chi connectivity index (χ0n) is 18.6. The number of ether oxygens (including phenoxy) is 2. The van der Waals surface area contributed by atoms with Crippen LogP contribution in [-0.4, -0.2) is 30.6 Å². The smallest absolute Gasteiger partial charge is 0.463 e. The fourth-order valence-electron chi connectivity index (χ4n) is 3.32. The standard InChI is InChI=1S/C23H20F3N3O4S2/c1-3-32-22(31)19-13(2)28-21(16(11-27)20(19)17-5-4-10-34-17)35-12-18(30)29-14-6-8-15(9-7-14)33-23(24,25)26/h4-10,20,28H,3,12H2,1-2H3,(H,29,30). The van der Waals surface area contributed by atoms with Crippen LogP contribution in [0.15, 0.2) is 63.7 Å². The van der Waals surface area contributed by atoms with Gasteiger partial charge in [0.05, 0.1) is 40.5 Å². The summed E-state index contributed by atoms with van der Waals surface area (Å²) < 4.78 is 45.9. The molecule has 1 unspecified atom stereocenters. The van der Waals surface area contributed by atoms with Gasteiger partial charge in [0.25, 0.3) is 0 Å². The van der Waals surface area contributed by atoms with Gasteiger partial charge >= 0.3 is 12.3 Å². The van der Waals surface area contributed by atoms with Crippen LogP contribution in [0, 0.1) is 11.3 Å². The Hall–Kier alpha value is -3.43. The van der Waals surface area contributed by atoms with Crippen LogP contribution in [0.1, 0.15) is 24.6 Å². The zero-order valence-corrected chi connectivity index (χ0v) is 20.2. The summed E-state index contributed by atoms with van der Waals surface area (Å²) in [5, 5.41) is 17.8. The highest BCUT2D eigenvalue weighted by Gasteiger charge is 2.36. The number of thiophene rings is 1. The van der Waals surface area contributed by atoms with Crippen LogP contribution in [0.5, 0.6) is 5.75 Å². The number of halogens is 3. The van der Waals surface area contributed by atoms with Gasteiger partial charge in [0.1, 0.15) is 5.75 Å². The fourth-order valence-corrected chi connectivity index (χ4v) is 5.06. The molecule has 2 heterocycles. The van der Waals surface area contributed by atoms with Gasteiger partial charge in [-0.15, -0.1) is 24.5 Å². The van der Waals surface area contributed by atoms with E-state index < -0.39 is 29.9 Å². The van der Waals surface area contributed by atoms with Gasteiger partial charge in [0, 0.05) is 16.3 Å². The molecule has 0 bridgehead atoms. The molecule has 0 radical (unpaired) electrons. The van der Waals surface area contributed by atoms with Crippen molar-refractivity contribution in [3.05, 3.63) is 68.5 Å². The lowest BCUT2D eigenvalue weighted by atomic mass is 9.87. The molecule has 0 fully saturated rings. The van der Waals surface area contributed by atoms with Gasteiger partial charge in [-0.05, 0) is 49.6 Å². The quantitative estimate of drug-likeness (QED) is 0.454. The second-order valence-electron chi connectivity index (χ2n) is 7.10. The lowest BCUT2D eigenvalue weighted by molar-refractivity contribution is -0.274. The number of amides is 1. The highest BCUT2D eigenvalue weighted by Crippen LogP contribution is 2.42. The predicted octanol–water partition coefficient (Wildman–Crippen LogP) is 5.28. The summed E-state index contributed by atoms with van der Waals surface area (Å²) in [7, 11) is 0. The number of nitrogens with zero attached hydrogens (tertiary/aromatic N) is 1. The Morgan fingerprint density at radius 1 is 1.26 bits per heavy atom. The molecule has 1 aromatic heterocycles. The zero-order chi connectivity index (χ0) is 25.6. The van der Waals surface area contributed by atoms with Gasteiger partial charge in [0.15, 0.2) is 0 Å². The largest absolute Gasteiger partial charge is 0.573 e. The molecular formula is C23H20F3N3O4S2. The Morgan fingerprint density at radius 2 is 1.97 bits per heavy atom. The van der Waals surface area contributed by atoms with Gasteiger partial charge < -0.3 is 20.1 Å². The number of dihydropyridines is 1.